The zero-order chi connectivity index (χ0) is 21.5. The van der Waals surface area contributed by atoms with Gasteiger partial charge in [-0.15, -0.1) is 21.5 Å². The van der Waals surface area contributed by atoms with E-state index in [4.69, 9.17) is 0 Å². The van der Waals surface area contributed by atoms with E-state index in [2.05, 4.69) is 50.3 Å². The van der Waals surface area contributed by atoms with Crippen molar-refractivity contribution in [1.29, 1.82) is 0 Å². The summed E-state index contributed by atoms with van der Waals surface area (Å²) in [7, 11) is 0. The van der Waals surface area contributed by atoms with Gasteiger partial charge in [-0.1, -0.05) is 6.92 Å². The highest BCUT2D eigenvalue weighted by molar-refractivity contribution is 7.13. The van der Waals surface area contributed by atoms with Crippen molar-refractivity contribution in [2.24, 2.45) is 5.41 Å². The highest BCUT2D eigenvalue weighted by Gasteiger charge is 2.52. The normalized spacial score (nSPS) is 21.8. The Kier molecular flexibility index (Phi) is 5.99. The van der Waals surface area contributed by atoms with Gasteiger partial charge in [-0.05, 0) is 60.0 Å². The zero-order valence-corrected chi connectivity index (χ0v) is 19.7. The number of aromatic nitrogens is 4. The molecule has 2 saturated heterocycles. The molecule has 1 amide bonds. The van der Waals surface area contributed by atoms with Crippen LogP contribution in [0.5, 0.6) is 0 Å². The number of rotatable bonds is 5. The molecule has 7 nitrogen and oxygen atoms in total. The van der Waals surface area contributed by atoms with E-state index in [-0.39, 0.29) is 17.2 Å². The molecule has 8 heteroatoms. The second-order valence-corrected chi connectivity index (χ2v) is 10.5. The number of carbonyl (C=O) groups excluding carboxylic acids is 1. The highest BCUT2D eigenvalue weighted by atomic mass is 32.1. The summed E-state index contributed by atoms with van der Waals surface area (Å²) in [6, 6.07) is 0.562. The van der Waals surface area contributed by atoms with Crippen molar-refractivity contribution in [1.82, 2.24) is 29.5 Å². The summed E-state index contributed by atoms with van der Waals surface area (Å²) in [5.41, 5.74) is 0.927. The number of amides is 1. The Bertz CT molecular complexity index is 895. The Morgan fingerprint density at radius 1 is 1.30 bits per heavy atom. The van der Waals surface area contributed by atoms with Gasteiger partial charge >= 0.3 is 0 Å². The average Bonchev–Trinajstić information content (AvgIpc) is 3.39. The van der Waals surface area contributed by atoms with Crippen molar-refractivity contribution in [3.05, 3.63) is 27.7 Å². The topological polar surface area (TPSA) is 67.2 Å². The minimum Gasteiger partial charge on any atom is -0.337 e. The van der Waals surface area contributed by atoms with Gasteiger partial charge in [0.25, 0.3) is 5.91 Å². The molecule has 0 bridgehead atoms. The van der Waals surface area contributed by atoms with Crippen LogP contribution in [0.3, 0.4) is 0 Å². The van der Waals surface area contributed by atoms with Gasteiger partial charge in [0.1, 0.15) is 17.0 Å². The summed E-state index contributed by atoms with van der Waals surface area (Å²) in [6.07, 6.45) is 5.10. The smallest absolute Gasteiger partial charge is 0.265 e. The van der Waals surface area contributed by atoms with E-state index < -0.39 is 0 Å². The number of nitrogens with zero attached hydrogens (tertiary/aromatic N) is 6. The fourth-order valence-corrected chi connectivity index (χ4v) is 6.18. The molecule has 1 spiro atoms. The van der Waals surface area contributed by atoms with Crippen LogP contribution in [0.25, 0.3) is 0 Å². The van der Waals surface area contributed by atoms with Gasteiger partial charge in [-0.3, -0.25) is 4.79 Å². The molecule has 2 aliphatic rings. The van der Waals surface area contributed by atoms with Crippen LogP contribution in [-0.4, -0.2) is 67.7 Å². The van der Waals surface area contributed by atoms with Crippen LogP contribution in [0.4, 0.5) is 0 Å². The van der Waals surface area contributed by atoms with E-state index in [0.29, 0.717) is 6.04 Å². The van der Waals surface area contributed by atoms with Gasteiger partial charge in [0, 0.05) is 37.0 Å². The first-order chi connectivity index (χ1) is 14.3. The number of piperidine rings is 1. The summed E-state index contributed by atoms with van der Waals surface area (Å²) in [5, 5.41) is 9.76. The van der Waals surface area contributed by atoms with Crippen LogP contribution in [-0.2, 0) is 6.54 Å². The number of hydrogen-bond acceptors (Lipinski definition) is 6. The lowest BCUT2D eigenvalue weighted by atomic mass is 9.70. The minimum atomic E-state index is 0.0766. The van der Waals surface area contributed by atoms with Gasteiger partial charge in [0.2, 0.25) is 0 Å². The third-order valence-corrected chi connectivity index (χ3v) is 8.04. The molecule has 4 rings (SSSR count). The van der Waals surface area contributed by atoms with Crippen molar-refractivity contribution in [3.63, 3.8) is 0 Å². The van der Waals surface area contributed by atoms with E-state index in [0.717, 1.165) is 73.4 Å². The van der Waals surface area contributed by atoms with Gasteiger partial charge in [0.15, 0.2) is 0 Å². The van der Waals surface area contributed by atoms with Crippen LogP contribution < -0.4 is 0 Å². The predicted molar refractivity (Wildman–Crippen MR) is 119 cm³/mol. The molecule has 164 valence electrons. The molecule has 2 aliphatic heterocycles. The van der Waals surface area contributed by atoms with Crippen LogP contribution >= 0.6 is 11.3 Å². The summed E-state index contributed by atoms with van der Waals surface area (Å²) in [4.78, 5) is 23.3. The van der Waals surface area contributed by atoms with E-state index in [1.165, 1.54) is 11.3 Å². The fraction of sp³-hybridized carbons (Fsp3) is 0.727. The minimum absolute atomic E-state index is 0.0766. The Morgan fingerprint density at radius 2 is 2.03 bits per heavy atom. The molecule has 4 heterocycles. The molecule has 2 aromatic heterocycles. The summed E-state index contributed by atoms with van der Waals surface area (Å²) < 4.78 is 2.21. The Balaban J connectivity index is 1.65. The quantitative estimate of drug-likeness (QED) is 0.726. The highest BCUT2D eigenvalue weighted by Crippen LogP contribution is 2.50. The van der Waals surface area contributed by atoms with Crippen molar-refractivity contribution in [3.8, 4) is 0 Å². The van der Waals surface area contributed by atoms with Crippen LogP contribution in [0, 0.1) is 19.3 Å². The summed E-state index contributed by atoms with van der Waals surface area (Å²) >= 11 is 1.51. The third kappa shape index (κ3) is 3.80. The van der Waals surface area contributed by atoms with E-state index in [1.54, 1.807) is 0 Å². The maximum Gasteiger partial charge on any atom is 0.265 e. The molecule has 0 aromatic carbocycles. The lowest BCUT2D eigenvalue weighted by Gasteiger charge is -2.43. The zero-order valence-electron chi connectivity index (χ0n) is 18.9. The second-order valence-electron chi connectivity index (χ2n) is 9.26. The van der Waals surface area contributed by atoms with Crippen molar-refractivity contribution >= 4 is 17.2 Å². The van der Waals surface area contributed by atoms with E-state index >= 15 is 0 Å². The molecule has 0 saturated carbocycles. The number of hydrogen-bond donors (Lipinski definition) is 0. The molecule has 2 aromatic rings. The second kappa shape index (κ2) is 8.38. The van der Waals surface area contributed by atoms with Crippen LogP contribution in [0.1, 0.15) is 72.1 Å². The lowest BCUT2D eigenvalue weighted by molar-refractivity contribution is 0.0647. The third-order valence-electron chi connectivity index (χ3n) is 6.98. The van der Waals surface area contributed by atoms with Crippen LogP contribution in [0.2, 0.25) is 0 Å². The Labute approximate surface area is 183 Å². The first-order valence-corrected chi connectivity index (χ1v) is 12.0. The van der Waals surface area contributed by atoms with E-state index in [1.807, 2.05) is 20.2 Å². The fourth-order valence-electron chi connectivity index (χ4n) is 5.29. The molecule has 0 aliphatic carbocycles. The number of carbonyl (C=O) groups is 1. The number of likely N-dealkylation sites (tertiary alicyclic amines) is 2. The average molecular weight is 431 g/mol. The van der Waals surface area contributed by atoms with Crippen molar-refractivity contribution < 1.29 is 4.79 Å². The Morgan fingerprint density at radius 3 is 2.63 bits per heavy atom. The predicted octanol–water partition coefficient (Wildman–Crippen LogP) is 3.49. The maximum absolute atomic E-state index is 13.4. The molecule has 0 radical (unpaired) electrons. The van der Waals surface area contributed by atoms with Gasteiger partial charge < -0.3 is 14.4 Å². The van der Waals surface area contributed by atoms with Gasteiger partial charge in [-0.25, -0.2) is 4.98 Å². The summed E-state index contributed by atoms with van der Waals surface area (Å²) in [6.45, 7) is 15.2. The van der Waals surface area contributed by atoms with E-state index in [9.17, 15) is 4.79 Å². The van der Waals surface area contributed by atoms with Crippen LogP contribution in [0.15, 0.2) is 6.33 Å². The molecule has 1 atom stereocenters. The molecule has 2 fully saturated rings. The molecular weight excluding hydrogens is 396 g/mol. The monoisotopic (exact) mass is 430 g/mol. The lowest BCUT2D eigenvalue weighted by Crippen LogP contribution is -2.46. The maximum atomic E-state index is 13.4. The standard InChI is InChI=1S/C22H34N6OS/c1-6-9-27-14-23-25-20(27)18-12-28(21(29)19-16(4)24-17(5)30-19)13-22(18)7-10-26(11-8-22)15(2)3/h14-15,18H,6-13H2,1-5H3. The number of thiazole rings is 1. The van der Waals surface area contributed by atoms with Gasteiger partial charge in [-0.2, -0.15) is 0 Å². The van der Waals surface area contributed by atoms with Crippen molar-refractivity contribution in [2.45, 2.75) is 72.4 Å². The van der Waals surface area contributed by atoms with Crippen molar-refractivity contribution in [2.75, 3.05) is 26.2 Å². The Hall–Kier alpha value is -1.80. The molecule has 30 heavy (non-hydrogen) atoms. The molecule has 0 N–H and O–H groups in total. The number of aryl methyl sites for hydroxylation is 3. The summed E-state index contributed by atoms with van der Waals surface area (Å²) in [5.74, 6) is 1.43. The molecular formula is C22H34N6OS. The first kappa shape index (κ1) is 21.4. The molecule has 1 unspecified atom stereocenters. The van der Waals surface area contributed by atoms with Gasteiger partial charge in [0.05, 0.1) is 10.7 Å². The SMILES string of the molecule is CCCn1cnnc1C1CN(C(=O)c2sc(C)nc2C)CC12CCN(C(C)C)CC2. The first-order valence-electron chi connectivity index (χ1n) is 11.2. The largest absolute Gasteiger partial charge is 0.337 e.